The average Bonchev–Trinajstić information content (AvgIpc) is 2.66. The summed E-state index contributed by atoms with van der Waals surface area (Å²) in [5.74, 6) is -5.80. The molecule has 5 atom stereocenters. The molecule has 5 amide bonds. The van der Waals surface area contributed by atoms with E-state index < -0.39 is 72.0 Å². The molecule has 0 fully saturated rings. The lowest BCUT2D eigenvalue weighted by molar-refractivity contribution is -0.144. The van der Waals surface area contributed by atoms with Crippen molar-refractivity contribution < 1.29 is 33.9 Å². The zero-order valence-electron chi connectivity index (χ0n) is 17.8. The number of nitrogens with one attached hydrogen (secondary N) is 3. The third-order valence-corrected chi connectivity index (χ3v) is 4.54. The summed E-state index contributed by atoms with van der Waals surface area (Å²) in [4.78, 5) is 70.8. The van der Waals surface area contributed by atoms with Crippen LogP contribution in [-0.4, -0.2) is 64.8 Å². The first-order valence-electron chi connectivity index (χ1n) is 9.76. The number of carbonyl (C=O) groups excluding carboxylic acids is 5. The lowest BCUT2D eigenvalue weighted by Gasteiger charge is -2.27. The Bertz CT molecular complexity index is 697. The zero-order chi connectivity index (χ0) is 24.3. The van der Waals surface area contributed by atoms with E-state index in [1.54, 1.807) is 13.8 Å². The summed E-state index contributed by atoms with van der Waals surface area (Å²) in [6.45, 7) is 4.80. The molecule has 0 saturated carbocycles. The van der Waals surface area contributed by atoms with Crippen LogP contribution >= 0.6 is 0 Å². The highest BCUT2D eigenvalue weighted by Crippen LogP contribution is 2.10. The van der Waals surface area contributed by atoms with Crippen LogP contribution in [0.4, 0.5) is 0 Å². The maximum Gasteiger partial charge on any atom is 0.326 e. The Morgan fingerprint density at radius 3 is 1.81 bits per heavy atom. The molecule has 0 aromatic rings. The number of nitrogens with two attached hydrogens (primary N) is 3. The molecule has 0 bridgehead atoms. The molecule has 0 aliphatic rings. The summed E-state index contributed by atoms with van der Waals surface area (Å²) >= 11 is 0. The number of rotatable bonds is 14. The van der Waals surface area contributed by atoms with Gasteiger partial charge in [0, 0.05) is 6.42 Å². The molecule has 0 aromatic carbocycles. The van der Waals surface area contributed by atoms with Gasteiger partial charge in [0.1, 0.15) is 18.1 Å². The van der Waals surface area contributed by atoms with Crippen LogP contribution in [0.5, 0.6) is 0 Å². The van der Waals surface area contributed by atoms with Crippen LogP contribution in [0.25, 0.3) is 0 Å². The second kappa shape index (κ2) is 13.2. The van der Waals surface area contributed by atoms with Crippen LogP contribution < -0.4 is 33.2 Å². The predicted molar refractivity (Wildman–Crippen MR) is 109 cm³/mol. The van der Waals surface area contributed by atoms with Crippen molar-refractivity contribution in [2.45, 2.75) is 70.6 Å². The average molecular weight is 444 g/mol. The van der Waals surface area contributed by atoms with E-state index in [1.807, 2.05) is 0 Å². The number of hydrogen-bond donors (Lipinski definition) is 7. The van der Waals surface area contributed by atoms with E-state index in [-0.39, 0.29) is 12.8 Å². The normalized spacial score (nSPS) is 15.5. The summed E-state index contributed by atoms with van der Waals surface area (Å²) in [5, 5.41) is 16.2. The fraction of sp³-hybridized carbons (Fsp3) is 0.667. The SMILES string of the molecule is CCC(C)C(NC(=O)C(CCC(N)=O)NC(=O)C(C)N)C(=O)NC(CC(N)=O)C(=O)O. The van der Waals surface area contributed by atoms with Gasteiger partial charge >= 0.3 is 5.97 Å². The molecule has 0 aliphatic heterocycles. The molecule has 5 unspecified atom stereocenters. The molecule has 31 heavy (non-hydrogen) atoms. The monoisotopic (exact) mass is 444 g/mol. The molecular weight excluding hydrogens is 412 g/mol. The van der Waals surface area contributed by atoms with Crippen LogP contribution in [0.1, 0.15) is 46.5 Å². The molecule has 10 N–H and O–H groups in total. The van der Waals surface area contributed by atoms with Gasteiger partial charge in [-0.3, -0.25) is 24.0 Å². The van der Waals surface area contributed by atoms with Gasteiger partial charge in [-0.15, -0.1) is 0 Å². The van der Waals surface area contributed by atoms with Crippen molar-refractivity contribution in [3.05, 3.63) is 0 Å². The van der Waals surface area contributed by atoms with E-state index in [0.29, 0.717) is 6.42 Å². The van der Waals surface area contributed by atoms with Gasteiger partial charge in [-0.1, -0.05) is 20.3 Å². The van der Waals surface area contributed by atoms with Gasteiger partial charge in [0.05, 0.1) is 12.5 Å². The second-order valence-electron chi connectivity index (χ2n) is 7.30. The van der Waals surface area contributed by atoms with E-state index in [4.69, 9.17) is 17.2 Å². The van der Waals surface area contributed by atoms with Crippen molar-refractivity contribution in [1.29, 1.82) is 0 Å². The molecule has 13 nitrogen and oxygen atoms in total. The molecule has 176 valence electrons. The number of amides is 5. The van der Waals surface area contributed by atoms with Crippen LogP contribution in [-0.2, 0) is 28.8 Å². The zero-order valence-corrected chi connectivity index (χ0v) is 17.8. The highest BCUT2D eigenvalue weighted by atomic mass is 16.4. The van der Waals surface area contributed by atoms with Gasteiger partial charge in [-0.2, -0.15) is 0 Å². The highest BCUT2D eigenvalue weighted by molar-refractivity contribution is 5.95. The Morgan fingerprint density at radius 2 is 1.39 bits per heavy atom. The van der Waals surface area contributed by atoms with Crippen molar-refractivity contribution in [3.63, 3.8) is 0 Å². The lowest BCUT2D eigenvalue weighted by Crippen LogP contribution is -2.58. The van der Waals surface area contributed by atoms with E-state index in [0.717, 1.165) is 0 Å². The first-order valence-corrected chi connectivity index (χ1v) is 9.76. The fourth-order valence-corrected chi connectivity index (χ4v) is 2.48. The smallest absolute Gasteiger partial charge is 0.326 e. The maximum absolute atomic E-state index is 12.8. The first-order chi connectivity index (χ1) is 14.3. The third-order valence-electron chi connectivity index (χ3n) is 4.54. The molecule has 0 aliphatic carbocycles. The summed E-state index contributed by atoms with van der Waals surface area (Å²) in [6.07, 6.45) is -0.539. The van der Waals surface area contributed by atoms with Crippen molar-refractivity contribution in [2.24, 2.45) is 23.1 Å². The van der Waals surface area contributed by atoms with Gasteiger partial charge < -0.3 is 38.3 Å². The Labute approximate surface area is 179 Å². The van der Waals surface area contributed by atoms with Gasteiger partial charge in [-0.25, -0.2) is 4.79 Å². The van der Waals surface area contributed by atoms with E-state index in [1.165, 1.54) is 6.92 Å². The van der Waals surface area contributed by atoms with Crippen LogP contribution in [0.15, 0.2) is 0 Å². The van der Waals surface area contributed by atoms with Crippen LogP contribution in [0.3, 0.4) is 0 Å². The quantitative estimate of drug-likeness (QED) is 0.146. The molecule has 0 saturated heterocycles. The minimum atomic E-state index is -1.57. The van der Waals surface area contributed by atoms with Crippen molar-refractivity contribution in [1.82, 2.24) is 16.0 Å². The number of aliphatic carboxylic acids is 1. The fourth-order valence-electron chi connectivity index (χ4n) is 2.48. The number of primary amides is 2. The van der Waals surface area contributed by atoms with Gasteiger partial charge in [-0.05, 0) is 19.3 Å². The minimum absolute atomic E-state index is 0.131. The summed E-state index contributed by atoms with van der Waals surface area (Å²) < 4.78 is 0. The molecular formula is C18H32N6O7. The number of carbonyl (C=O) groups is 6. The lowest BCUT2D eigenvalue weighted by atomic mass is 9.97. The maximum atomic E-state index is 12.8. The number of carboxylic acids is 1. The van der Waals surface area contributed by atoms with Crippen molar-refractivity contribution in [3.8, 4) is 0 Å². The molecule has 0 aromatic heterocycles. The number of hydrogen-bond acceptors (Lipinski definition) is 7. The minimum Gasteiger partial charge on any atom is -0.480 e. The van der Waals surface area contributed by atoms with Crippen LogP contribution in [0, 0.1) is 5.92 Å². The molecule has 0 radical (unpaired) electrons. The molecule has 0 spiro atoms. The highest BCUT2D eigenvalue weighted by Gasteiger charge is 2.33. The van der Waals surface area contributed by atoms with Gasteiger partial charge in [0.15, 0.2) is 0 Å². The number of carboxylic acid groups (broad SMARTS) is 1. The van der Waals surface area contributed by atoms with Gasteiger partial charge in [0.2, 0.25) is 29.5 Å². The topological polar surface area (TPSA) is 237 Å². The van der Waals surface area contributed by atoms with Crippen molar-refractivity contribution >= 4 is 35.5 Å². The van der Waals surface area contributed by atoms with E-state index in [2.05, 4.69) is 16.0 Å². The molecule has 0 heterocycles. The Hall–Kier alpha value is -3.22. The molecule has 0 rings (SSSR count). The van der Waals surface area contributed by atoms with Gasteiger partial charge in [0.25, 0.3) is 0 Å². The van der Waals surface area contributed by atoms with E-state index in [9.17, 15) is 33.9 Å². The largest absolute Gasteiger partial charge is 0.480 e. The summed E-state index contributed by atoms with van der Waals surface area (Å²) in [6, 6.07) is -4.89. The standard InChI is InChI=1S/C18H32N6O7/c1-4-8(2)14(17(29)23-11(18(30)31)7-13(21)26)24-16(28)10(5-6-12(20)25)22-15(27)9(3)19/h8-11,14H,4-7,19H2,1-3H3,(H2,20,25)(H2,21,26)(H,22,27)(H,23,29)(H,24,28)(H,30,31). The summed E-state index contributed by atoms with van der Waals surface area (Å²) in [7, 11) is 0. The van der Waals surface area contributed by atoms with Crippen molar-refractivity contribution in [2.75, 3.05) is 0 Å². The Balaban J connectivity index is 5.55. The summed E-state index contributed by atoms with van der Waals surface area (Å²) in [5.41, 5.74) is 15.6. The Kier molecular flexibility index (Phi) is 11.8. The Morgan fingerprint density at radius 1 is 0.839 bits per heavy atom. The van der Waals surface area contributed by atoms with Crippen LogP contribution in [0.2, 0.25) is 0 Å². The first kappa shape index (κ1) is 27.8. The second-order valence-corrected chi connectivity index (χ2v) is 7.30. The third kappa shape index (κ3) is 10.4. The molecule has 13 heteroatoms. The van der Waals surface area contributed by atoms with E-state index >= 15 is 0 Å². The predicted octanol–water partition coefficient (Wildman–Crippen LogP) is -2.94.